The van der Waals surface area contributed by atoms with Crippen LogP contribution >= 0.6 is 24.0 Å². The molecule has 0 fully saturated rings. The molecule has 25 heavy (non-hydrogen) atoms. The van der Waals surface area contributed by atoms with Crippen molar-refractivity contribution in [2.45, 2.75) is 13.0 Å². The van der Waals surface area contributed by atoms with Crippen molar-refractivity contribution in [1.82, 2.24) is 9.62 Å². The predicted octanol–water partition coefficient (Wildman–Crippen LogP) is 3.57. The van der Waals surface area contributed by atoms with Crippen molar-refractivity contribution in [2.75, 3.05) is 24.4 Å². The molecule has 0 atom stereocenters. The van der Waals surface area contributed by atoms with Crippen LogP contribution in [0.5, 0.6) is 0 Å². The highest BCUT2D eigenvalue weighted by Crippen LogP contribution is 2.38. The van der Waals surface area contributed by atoms with E-state index in [1.54, 1.807) is 24.3 Å². The van der Waals surface area contributed by atoms with Gasteiger partial charge in [0.25, 0.3) is 0 Å². The topological polar surface area (TPSA) is 52.6 Å². The molecule has 1 heterocycles. The number of para-hydroxylation sites is 1. The van der Waals surface area contributed by atoms with Gasteiger partial charge in [-0.3, -0.25) is 0 Å². The number of hydrogen-bond acceptors (Lipinski definition) is 3. The van der Waals surface area contributed by atoms with Crippen molar-refractivity contribution < 1.29 is 8.42 Å². The lowest BCUT2D eigenvalue weighted by molar-refractivity contribution is 0.392. The third kappa shape index (κ3) is 4.10. The fourth-order valence-electron chi connectivity index (χ4n) is 2.83. The zero-order valence-corrected chi connectivity index (χ0v) is 16.2. The Morgan fingerprint density at radius 2 is 1.80 bits per heavy atom. The van der Waals surface area contributed by atoms with Gasteiger partial charge in [0.1, 0.15) is 0 Å². The fraction of sp³-hybridized carbons (Fsp3) is 0.294. The maximum atomic E-state index is 13.2. The molecule has 0 bridgehead atoms. The molecule has 0 saturated carbocycles. The smallest absolute Gasteiger partial charge is 0.308 e. The Kier molecular flexibility index (Phi) is 6.71. The lowest BCUT2D eigenvalue weighted by atomic mass is 10.1. The van der Waals surface area contributed by atoms with Crippen LogP contribution in [0.25, 0.3) is 0 Å². The maximum absolute atomic E-state index is 13.2. The van der Waals surface area contributed by atoms with Gasteiger partial charge in [0.2, 0.25) is 0 Å². The lowest BCUT2D eigenvalue weighted by Gasteiger charge is -2.37. The number of nitrogens with one attached hydrogen (secondary N) is 1. The van der Waals surface area contributed by atoms with Crippen LogP contribution < -0.4 is 9.62 Å². The Morgan fingerprint density at radius 3 is 2.48 bits per heavy atom. The van der Waals surface area contributed by atoms with Gasteiger partial charge < -0.3 is 5.32 Å². The molecule has 2 aromatic carbocycles. The average Bonchev–Trinajstić information content (AvgIpc) is 2.56. The van der Waals surface area contributed by atoms with Crippen LogP contribution in [0, 0.1) is 0 Å². The second-order valence-electron chi connectivity index (χ2n) is 5.67. The van der Waals surface area contributed by atoms with E-state index < -0.39 is 10.2 Å². The second kappa shape index (κ2) is 8.38. The van der Waals surface area contributed by atoms with Gasteiger partial charge in [-0.25, -0.2) is 4.31 Å². The van der Waals surface area contributed by atoms with Gasteiger partial charge in [-0.05, 0) is 55.9 Å². The van der Waals surface area contributed by atoms with Crippen LogP contribution in [0.3, 0.4) is 0 Å². The predicted molar refractivity (Wildman–Crippen MR) is 105 cm³/mol. The standard InChI is InChI=1S/C17H20ClN3O2S.ClH/c1-19-11-4-12-20-13-14-5-2-3-6-17(14)21(24(20,22)23)16-9-7-15(18)8-10-16;/h2-3,5-10,19H,4,11-13H2,1H3;1H. The lowest BCUT2D eigenvalue weighted by Crippen LogP contribution is -2.46. The van der Waals surface area contributed by atoms with E-state index in [1.165, 1.54) is 8.61 Å². The van der Waals surface area contributed by atoms with Gasteiger partial charge in [0.15, 0.2) is 0 Å². The molecule has 0 unspecified atom stereocenters. The minimum Gasteiger partial charge on any atom is -0.320 e. The van der Waals surface area contributed by atoms with Gasteiger partial charge >= 0.3 is 10.2 Å². The molecule has 1 aliphatic rings. The molecule has 1 N–H and O–H groups in total. The third-order valence-electron chi connectivity index (χ3n) is 4.01. The first-order chi connectivity index (χ1) is 11.5. The SMILES string of the molecule is CNCCCN1Cc2ccccc2N(c2ccc(Cl)cc2)S1(=O)=O.Cl. The van der Waals surface area contributed by atoms with Gasteiger partial charge in [0, 0.05) is 18.1 Å². The average molecular weight is 402 g/mol. The van der Waals surface area contributed by atoms with E-state index in [0.29, 0.717) is 29.5 Å². The Balaban J connectivity index is 0.00000225. The summed E-state index contributed by atoms with van der Waals surface area (Å²) >= 11 is 5.95. The summed E-state index contributed by atoms with van der Waals surface area (Å²) in [7, 11) is -1.77. The van der Waals surface area contributed by atoms with Gasteiger partial charge in [0.05, 0.1) is 11.4 Å². The molecular weight excluding hydrogens is 381 g/mol. The molecule has 8 heteroatoms. The first-order valence-electron chi connectivity index (χ1n) is 7.82. The van der Waals surface area contributed by atoms with E-state index in [9.17, 15) is 8.42 Å². The summed E-state index contributed by atoms with van der Waals surface area (Å²) in [6, 6.07) is 14.5. The zero-order chi connectivity index (χ0) is 17.2. The normalized spacial score (nSPS) is 16.2. The van der Waals surface area contributed by atoms with Gasteiger partial charge in [-0.15, -0.1) is 12.4 Å². The summed E-state index contributed by atoms with van der Waals surface area (Å²) in [4.78, 5) is 0. The summed E-state index contributed by atoms with van der Waals surface area (Å²) < 4.78 is 29.2. The molecule has 0 aromatic heterocycles. The Morgan fingerprint density at radius 1 is 1.12 bits per heavy atom. The second-order valence-corrected chi connectivity index (χ2v) is 7.88. The van der Waals surface area contributed by atoms with Crippen molar-refractivity contribution in [3.63, 3.8) is 0 Å². The van der Waals surface area contributed by atoms with E-state index in [0.717, 1.165) is 18.5 Å². The number of halogens is 2. The summed E-state index contributed by atoms with van der Waals surface area (Å²) in [6.07, 6.45) is 0.756. The molecule has 0 spiro atoms. The van der Waals surface area contributed by atoms with Crippen LogP contribution in [0.15, 0.2) is 48.5 Å². The van der Waals surface area contributed by atoms with E-state index in [-0.39, 0.29) is 12.4 Å². The number of benzene rings is 2. The van der Waals surface area contributed by atoms with Gasteiger partial charge in [-0.1, -0.05) is 29.8 Å². The minimum absolute atomic E-state index is 0. The van der Waals surface area contributed by atoms with Crippen LogP contribution in [0.2, 0.25) is 5.02 Å². The number of nitrogens with zero attached hydrogens (tertiary/aromatic N) is 2. The van der Waals surface area contributed by atoms with E-state index >= 15 is 0 Å². The van der Waals surface area contributed by atoms with Crippen LogP contribution in [-0.4, -0.2) is 32.9 Å². The Bertz CT molecular complexity index is 813. The molecular formula is C17H21Cl2N3O2S. The summed E-state index contributed by atoms with van der Waals surface area (Å²) in [5.41, 5.74) is 2.28. The van der Waals surface area contributed by atoms with Crippen molar-refractivity contribution in [3.8, 4) is 0 Å². The largest absolute Gasteiger partial charge is 0.320 e. The minimum atomic E-state index is -3.63. The van der Waals surface area contributed by atoms with Crippen molar-refractivity contribution in [3.05, 3.63) is 59.1 Å². The molecule has 0 saturated heterocycles. The molecule has 0 radical (unpaired) electrons. The summed E-state index contributed by atoms with van der Waals surface area (Å²) in [6.45, 7) is 1.64. The quantitative estimate of drug-likeness (QED) is 0.778. The van der Waals surface area contributed by atoms with Crippen molar-refractivity contribution in [2.24, 2.45) is 0 Å². The number of anilines is 2. The Labute approximate surface area is 160 Å². The highest BCUT2D eigenvalue weighted by atomic mass is 35.5. The first kappa shape index (κ1) is 20.0. The van der Waals surface area contributed by atoms with E-state index in [2.05, 4.69) is 5.32 Å². The summed E-state index contributed by atoms with van der Waals surface area (Å²) in [5, 5.41) is 3.63. The fourth-order valence-corrected chi connectivity index (χ4v) is 4.66. The van der Waals surface area contributed by atoms with Crippen LogP contribution in [0.1, 0.15) is 12.0 Å². The molecule has 3 rings (SSSR count). The molecule has 2 aromatic rings. The molecule has 1 aliphatic heterocycles. The number of hydrogen-bond donors (Lipinski definition) is 1. The molecule has 0 amide bonds. The maximum Gasteiger partial charge on any atom is 0.308 e. The highest BCUT2D eigenvalue weighted by molar-refractivity contribution is 7.90. The highest BCUT2D eigenvalue weighted by Gasteiger charge is 2.37. The molecule has 136 valence electrons. The van der Waals surface area contributed by atoms with Gasteiger partial charge in [-0.2, -0.15) is 12.7 Å². The molecule has 0 aliphatic carbocycles. The molecule has 5 nitrogen and oxygen atoms in total. The van der Waals surface area contributed by atoms with Crippen molar-refractivity contribution in [1.29, 1.82) is 0 Å². The Hall–Kier alpha value is -1.31. The van der Waals surface area contributed by atoms with Crippen molar-refractivity contribution >= 4 is 45.6 Å². The van der Waals surface area contributed by atoms with Crippen LogP contribution in [0.4, 0.5) is 11.4 Å². The van der Waals surface area contributed by atoms with E-state index in [4.69, 9.17) is 11.6 Å². The summed E-state index contributed by atoms with van der Waals surface area (Å²) in [5.74, 6) is 0. The van der Waals surface area contributed by atoms with E-state index in [1.807, 2.05) is 31.3 Å². The number of rotatable bonds is 5. The van der Waals surface area contributed by atoms with Crippen LogP contribution in [-0.2, 0) is 16.8 Å². The number of fused-ring (bicyclic) bond motifs is 1. The third-order valence-corrected chi connectivity index (χ3v) is 6.09. The first-order valence-corrected chi connectivity index (χ1v) is 9.60. The monoisotopic (exact) mass is 401 g/mol. The zero-order valence-electron chi connectivity index (χ0n) is 13.9.